The number of anilines is 1. The molecular formula is C24H23FN4O3. The molecule has 0 spiro atoms. The summed E-state index contributed by atoms with van der Waals surface area (Å²) in [6.45, 7) is 7.00. The summed E-state index contributed by atoms with van der Waals surface area (Å²) in [7, 11) is 0. The van der Waals surface area contributed by atoms with Crippen LogP contribution in [0.2, 0.25) is 0 Å². The molecule has 3 N–H and O–H groups in total. The number of rotatable bonds is 4. The number of oxazole rings is 1. The van der Waals surface area contributed by atoms with Gasteiger partial charge in [-0.25, -0.2) is 14.2 Å². The lowest BCUT2D eigenvalue weighted by molar-refractivity contribution is 0.0691. The van der Waals surface area contributed by atoms with Crippen molar-refractivity contribution < 1.29 is 18.7 Å². The fourth-order valence-corrected chi connectivity index (χ4v) is 4.27. The predicted molar refractivity (Wildman–Crippen MR) is 120 cm³/mol. The molecule has 0 amide bonds. The van der Waals surface area contributed by atoms with Crippen LogP contribution in [0.4, 0.5) is 10.1 Å². The predicted octanol–water partition coefficient (Wildman–Crippen LogP) is 4.52. The van der Waals surface area contributed by atoms with E-state index < -0.39 is 11.8 Å². The first-order chi connectivity index (χ1) is 15.3. The Morgan fingerprint density at radius 2 is 1.97 bits per heavy atom. The van der Waals surface area contributed by atoms with E-state index in [4.69, 9.17) is 4.42 Å². The molecule has 1 aliphatic heterocycles. The van der Waals surface area contributed by atoms with Crippen LogP contribution in [0.15, 0.2) is 53.1 Å². The van der Waals surface area contributed by atoms with Gasteiger partial charge in [0.1, 0.15) is 5.82 Å². The molecule has 2 aromatic carbocycles. The van der Waals surface area contributed by atoms with Gasteiger partial charge in [-0.3, -0.25) is 0 Å². The van der Waals surface area contributed by atoms with E-state index >= 15 is 0 Å². The lowest BCUT2D eigenvalue weighted by Crippen LogP contribution is -2.57. The number of aromatic nitrogens is 2. The van der Waals surface area contributed by atoms with Crippen molar-refractivity contribution in [2.45, 2.75) is 19.4 Å². The smallest absolute Gasteiger partial charge is 0.358 e. The van der Waals surface area contributed by atoms with Crippen LogP contribution >= 0.6 is 0 Å². The molecule has 0 radical (unpaired) electrons. The number of nitrogens with zero attached hydrogens (tertiary/aromatic N) is 2. The largest absolute Gasteiger partial charge is 0.476 e. The summed E-state index contributed by atoms with van der Waals surface area (Å²) >= 11 is 0. The Bertz CT molecular complexity index is 1310. The third-order valence-electron chi connectivity index (χ3n) is 5.80. The molecule has 32 heavy (non-hydrogen) atoms. The highest BCUT2D eigenvalue weighted by Gasteiger charge is 2.27. The fourth-order valence-electron chi connectivity index (χ4n) is 4.27. The molecule has 0 bridgehead atoms. The minimum atomic E-state index is -1.18. The van der Waals surface area contributed by atoms with Crippen molar-refractivity contribution in [1.29, 1.82) is 0 Å². The van der Waals surface area contributed by atoms with Crippen LogP contribution in [-0.2, 0) is 0 Å². The monoisotopic (exact) mass is 434 g/mol. The Kier molecular flexibility index (Phi) is 4.74. The van der Waals surface area contributed by atoms with Crippen molar-refractivity contribution in [3.8, 4) is 22.8 Å². The standard InChI is InChI=1S/C24H23FN4O3/c1-24(2)13-29(12-11-27-24)15-5-3-14(4-6-15)21-20(23(30)31)28-22(32-21)17-7-8-18(25)19-16(17)9-10-26-19/h3-10,26-27H,11-13H2,1-2H3,(H,30,31). The van der Waals surface area contributed by atoms with E-state index in [1.165, 1.54) is 6.07 Å². The molecular weight excluding hydrogens is 411 g/mol. The van der Waals surface area contributed by atoms with Crippen LogP contribution in [0, 0.1) is 5.82 Å². The number of carbonyl (C=O) groups is 1. The minimum absolute atomic E-state index is 0.0198. The van der Waals surface area contributed by atoms with Crippen molar-refractivity contribution >= 4 is 22.6 Å². The molecule has 7 nitrogen and oxygen atoms in total. The number of fused-ring (bicyclic) bond motifs is 1. The average molecular weight is 434 g/mol. The number of carboxylic acid groups (broad SMARTS) is 1. The van der Waals surface area contributed by atoms with Gasteiger partial charge in [0.25, 0.3) is 0 Å². The van der Waals surface area contributed by atoms with Gasteiger partial charge in [0, 0.05) is 53.6 Å². The van der Waals surface area contributed by atoms with Crippen LogP contribution in [0.5, 0.6) is 0 Å². The maximum Gasteiger partial charge on any atom is 0.358 e. The molecule has 0 aliphatic carbocycles. The first-order valence-corrected chi connectivity index (χ1v) is 10.4. The second-order valence-corrected chi connectivity index (χ2v) is 8.64. The first-order valence-electron chi connectivity index (χ1n) is 10.4. The van der Waals surface area contributed by atoms with Gasteiger partial charge in [-0.2, -0.15) is 0 Å². The molecule has 5 rings (SSSR count). The Hall–Kier alpha value is -3.65. The Morgan fingerprint density at radius 3 is 2.69 bits per heavy atom. The van der Waals surface area contributed by atoms with Gasteiger partial charge in [-0.15, -0.1) is 0 Å². The van der Waals surface area contributed by atoms with Gasteiger partial charge in [0.05, 0.1) is 5.52 Å². The van der Waals surface area contributed by atoms with Crippen molar-refractivity contribution in [3.63, 3.8) is 0 Å². The van der Waals surface area contributed by atoms with E-state index in [9.17, 15) is 14.3 Å². The SMILES string of the molecule is CC1(C)CN(c2ccc(-c3oc(-c4ccc(F)c5[nH]ccc45)nc3C(=O)O)cc2)CCN1. The van der Waals surface area contributed by atoms with E-state index in [0.29, 0.717) is 22.0 Å². The quantitative estimate of drug-likeness (QED) is 0.437. The summed E-state index contributed by atoms with van der Waals surface area (Å²) < 4.78 is 20.0. The second kappa shape index (κ2) is 7.49. The number of benzene rings is 2. The number of carboxylic acids is 1. The van der Waals surface area contributed by atoms with Crippen LogP contribution in [0.3, 0.4) is 0 Å². The maximum atomic E-state index is 14.0. The number of piperazine rings is 1. The van der Waals surface area contributed by atoms with Crippen molar-refractivity contribution in [1.82, 2.24) is 15.3 Å². The number of aromatic amines is 1. The molecule has 0 atom stereocenters. The maximum absolute atomic E-state index is 14.0. The molecule has 4 aromatic rings. The van der Waals surface area contributed by atoms with Crippen molar-refractivity contribution in [2.24, 2.45) is 0 Å². The summed E-state index contributed by atoms with van der Waals surface area (Å²) in [5.41, 5.74) is 2.37. The first kappa shape index (κ1) is 20.3. The molecule has 1 fully saturated rings. The Balaban J connectivity index is 1.52. The molecule has 0 unspecified atom stereocenters. The number of aromatic carboxylic acids is 1. The van der Waals surface area contributed by atoms with Gasteiger partial charge in [-0.1, -0.05) is 0 Å². The number of H-pyrrole nitrogens is 1. The molecule has 8 heteroatoms. The molecule has 2 aromatic heterocycles. The summed E-state index contributed by atoms with van der Waals surface area (Å²) in [4.78, 5) is 21.3. The lowest BCUT2D eigenvalue weighted by Gasteiger charge is -2.40. The normalized spacial score (nSPS) is 15.9. The molecule has 3 heterocycles. The van der Waals surface area contributed by atoms with Gasteiger partial charge < -0.3 is 24.7 Å². The zero-order valence-electron chi connectivity index (χ0n) is 17.8. The summed E-state index contributed by atoms with van der Waals surface area (Å²) in [5, 5.41) is 13.8. The second-order valence-electron chi connectivity index (χ2n) is 8.64. The fraction of sp³-hybridized carbons (Fsp3) is 0.250. The van der Waals surface area contributed by atoms with Gasteiger partial charge >= 0.3 is 5.97 Å². The van der Waals surface area contributed by atoms with E-state index in [-0.39, 0.29) is 22.9 Å². The van der Waals surface area contributed by atoms with E-state index in [1.807, 2.05) is 24.3 Å². The molecule has 1 saturated heterocycles. The third-order valence-corrected chi connectivity index (χ3v) is 5.80. The number of hydrogen-bond donors (Lipinski definition) is 3. The number of nitrogens with one attached hydrogen (secondary N) is 2. The highest BCUT2D eigenvalue weighted by atomic mass is 19.1. The molecule has 164 valence electrons. The topological polar surface area (TPSA) is 94.4 Å². The molecule has 0 saturated carbocycles. The van der Waals surface area contributed by atoms with E-state index in [0.717, 1.165) is 25.3 Å². The summed E-state index contributed by atoms with van der Waals surface area (Å²) in [6, 6.07) is 12.2. The van der Waals surface area contributed by atoms with Crippen LogP contribution in [-0.4, -0.2) is 46.2 Å². The van der Waals surface area contributed by atoms with Gasteiger partial charge in [-0.05, 0) is 56.3 Å². The Morgan fingerprint density at radius 1 is 1.19 bits per heavy atom. The van der Waals surface area contributed by atoms with Gasteiger partial charge in [0.15, 0.2) is 11.5 Å². The third kappa shape index (κ3) is 3.52. The van der Waals surface area contributed by atoms with Crippen molar-refractivity contribution in [2.75, 3.05) is 24.5 Å². The van der Waals surface area contributed by atoms with E-state index in [2.05, 4.69) is 34.0 Å². The average Bonchev–Trinajstić information content (AvgIpc) is 3.42. The highest BCUT2D eigenvalue weighted by Crippen LogP contribution is 2.35. The van der Waals surface area contributed by atoms with Gasteiger partial charge in [0.2, 0.25) is 5.89 Å². The van der Waals surface area contributed by atoms with E-state index in [1.54, 1.807) is 18.3 Å². The molecule has 1 aliphatic rings. The van der Waals surface area contributed by atoms with Crippen LogP contribution in [0.25, 0.3) is 33.7 Å². The zero-order valence-corrected chi connectivity index (χ0v) is 17.8. The lowest BCUT2D eigenvalue weighted by atomic mass is 10.0. The summed E-state index contributed by atoms with van der Waals surface area (Å²) in [6.07, 6.45) is 1.62. The number of hydrogen-bond acceptors (Lipinski definition) is 5. The summed E-state index contributed by atoms with van der Waals surface area (Å²) in [5.74, 6) is -1.27. The zero-order chi connectivity index (χ0) is 22.5. The minimum Gasteiger partial charge on any atom is -0.476 e. The van der Waals surface area contributed by atoms with Crippen molar-refractivity contribution in [3.05, 3.63) is 60.2 Å². The van der Waals surface area contributed by atoms with Crippen LogP contribution in [0.1, 0.15) is 24.3 Å². The Labute approximate surface area is 183 Å². The van der Waals surface area contributed by atoms with Crippen LogP contribution < -0.4 is 10.2 Å². The highest BCUT2D eigenvalue weighted by molar-refractivity contribution is 5.96. The number of halogens is 1.